The van der Waals surface area contributed by atoms with Crippen LogP contribution in [0.15, 0.2) is 119 Å². The second-order valence-corrected chi connectivity index (χ2v) is 13.7. The van der Waals surface area contributed by atoms with Gasteiger partial charge >= 0.3 is 6.03 Å². The van der Waals surface area contributed by atoms with E-state index in [1.807, 2.05) is 60.7 Å². The summed E-state index contributed by atoms with van der Waals surface area (Å²) in [5.41, 5.74) is 2.53. The fraction of sp³-hybridized carbons (Fsp3) is 0.194. The van der Waals surface area contributed by atoms with E-state index in [0.29, 0.717) is 23.2 Å². The third kappa shape index (κ3) is 7.26. The van der Waals surface area contributed by atoms with E-state index in [1.165, 1.54) is 34.2 Å². The number of carbonyl (C=O) groups excluding carboxylic acids is 1. The Kier molecular flexibility index (Phi) is 9.04. The number of aliphatic hydroxyl groups is 1. The van der Waals surface area contributed by atoms with Crippen LogP contribution in [0.2, 0.25) is 0 Å². The first kappa shape index (κ1) is 31.2. The Morgan fingerprint density at radius 2 is 1.18 bits per heavy atom. The zero-order valence-electron chi connectivity index (χ0n) is 23.7. The van der Waals surface area contributed by atoms with Crippen molar-refractivity contribution in [1.82, 2.24) is 9.91 Å². The van der Waals surface area contributed by atoms with E-state index in [0.717, 1.165) is 5.56 Å². The number of amides is 2. The van der Waals surface area contributed by atoms with Crippen molar-refractivity contribution in [2.45, 2.75) is 41.4 Å². The van der Waals surface area contributed by atoms with Crippen molar-refractivity contribution < 1.29 is 26.7 Å². The molecule has 0 bridgehead atoms. The molecule has 5 N–H and O–H groups in total. The lowest BCUT2D eigenvalue weighted by Gasteiger charge is -2.37. The lowest BCUT2D eigenvalue weighted by Crippen LogP contribution is -2.51. The van der Waals surface area contributed by atoms with Gasteiger partial charge in [-0.25, -0.2) is 36.9 Å². The molecule has 1 aliphatic rings. The molecular formula is C31H33N5O6S2. The molecule has 4 aromatic carbocycles. The number of benzene rings is 4. The second kappa shape index (κ2) is 12.8. The Morgan fingerprint density at radius 3 is 1.73 bits per heavy atom. The van der Waals surface area contributed by atoms with Gasteiger partial charge in [0.15, 0.2) is 0 Å². The van der Waals surface area contributed by atoms with Crippen LogP contribution in [0.25, 0.3) is 0 Å². The van der Waals surface area contributed by atoms with E-state index in [-0.39, 0.29) is 29.4 Å². The lowest BCUT2D eigenvalue weighted by atomic mass is 9.99. The third-order valence-electron chi connectivity index (χ3n) is 7.44. The molecule has 1 fully saturated rings. The molecule has 0 radical (unpaired) electrons. The molecule has 230 valence electrons. The zero-order valence-corrected chi connectivity index (χ0v) is 25.3. The first-order valence-electron chi connectivity index (χ1n) is 13.8. The first-order valence-corrected chi connectivity index (χ1v) is 16.9. The molecule has 0 aliphatic carbocycles. The van der Waals surface area contributed by atoms with Crippen LogP contribution in [0, 0.1) is 0 Å². The number of para-hydroxylation sites is 1. The maximum absolute atomic E-state index is 14.7. The van der Waals surface area contributed by atoms with Crippen LogP contribution in [-0.4, -0.2) is 56.6 Å². The van der Waals surface area contributed by atoms with Crippen LogP contribution in [0.1, 0.15) is 16.7 Å². The minimum Gasteiger partial charge on any atom is -0.389 e. The monoisotopic (exact) mass is 635 g/mol. The van der Waals surface area contributed by atoms with E-state index in [1.54, 1.807) is 29.3 Å². The highest BCUT2D eigenvalue weighted by molar-refractivity contribution is 7.89. The molecule has 0 unspecified atom stereocenters. The normalized spacial score (nSPS) is 17.9. The van der Waals surface area contributed by atoms with Crippen molar-refractivity contribution in [2.24, 2.45) is 10.3 Å². The fourth-order valence-corrected chi connectivity index (χ4v) is 6.46. The van der Waals surface area contributed by atoms with Crippen molar-refractivity contribution in [3.8, 4) is 0 Å². The van der Waals surface area contributed by atoms with Crippen LogP contribution in [0.5, 0.6) is 0 Å². The molecule has 0 saturated carbocycles. The molecule has 44 heavy (non-hydrogen) atoms. The number of anilines is 1. The first-order chi connectivity index (χ1) is 20.9. The van der Waals surface area contributed by atoms with E-state index < -0.39 is 38.2 Å². The molecule has 4 aromatic rings. The number of nitrogens with two attached hydrogens (primary N) is 2. The number of hydrogen-bond donors (Lipinski definition) is 3. The van der Waals surface area contributed by atoms with Gasteiger partial charge in [0, 0.05) is 6.54 Å². The van der Waals surface area contributed by atoms with Gasteiger partial charge in [-0.2, -0.15) is 0 Å². The van der Waals surface area contributed by atoms with E-state index in [9.17, 15) is 26.7 Å². The SMILES string of the molecule is NS(=O)(=O)c1cccc(CN2C(=O)N(Cc3cccc(S(N)(=O)=O)c3)N(c3ccccc3)C[C@@H](O)[C@H]2Cc2ccccc2)c1. The van der Waals surface area contributed by atoms with Gasteiger partial charge in [-0.15, -0.1) is 0 Å². The molecule has 13 heteroatoms. The predicted octanol–water partition coefficient (Wildman–Crippen LogP) is 2.81. The highest BCUT2D eigenvalue weighted by Gasteiger charge is 2.40. The summed E-state index contributed by atoms with van der Waals surface area (Å²) in [6.45, 7) is -0.0431. The average Bonchev–Trinajstić information content (AvgIpc) is 3.08. The topological polar surface area (TPSA) is 167 Å². The lowest BCUT2D eigenvalue weighted by molar-refractivity contribution is 0.0751. The van der Waals surface area contributed by atoms with Gasteiger partial charge in [0.1, 0.15) is 0 Å². The van der Waals surface area contributed by atoms with Crippen LogP contribution in [-0.2, 0) is 39.6 Å². The Balaban J connectivity index is 1.62. The molecule has 11 nitrogen and oxygen atoms in total. The number of carbonyl (C=O) groups is 1. The van der Waals surface area contributed by atoms with Crippen molar-refractivity contribution >= 4 is 31.8 Å². The Hall–Kier alpha value is -4.27. The maximum atomic E-state index is 14.7. The molecule has 1 heterocycles. The smallest absolute Gasteiger partial charge is 0.339 e. The Bertz CT molecular complexity index is 1840. The highest BCUT2D eigenvalue weighted by Crippen LogP contribution is 2.29. The minimum atomic E-state index is -4.00. The van der Waals surface area contributed by atoms with Gasteiger partial charge in [0.25, 0.3) is 0 Å². The van der Waals surface area contributed by atoms with Gasteiger partial charge < -0.3 is 10.0 Å². The summed E-state index contributed by atoms with van der Waals surface area (Å²) in [6.07, 6.45) is -0.721. The number of primary sulfonamides is 2. The molecule has 2 atom stereocenters. The fourth-order valence-electron chi connectivity index (χ4n) is 5.29. The molecule has 5 rings (SSSR count). The van der Waals surface area contributed by atoms with Gasteiger partial charge in [0.05, 0.1) is 40.7 Å². The summed E-state index contributed by atoms with van der Waals surface area (Å²) in [7, 11) is -8.00. The molecular weight excluding hydrogens is 603 g/mol. The van der Waals surface area contributed by atoms with Crippen molar-refractivity contribution in [1.29, 1.82) is 0 Å². The van der Waals surface area contributed by atoms with Gasteiger partial charge in [-0.1, -0.05) is 72.8 Å². The predicted molar refractivity (Wildman–Crippen MR) is 166 cm³/mol. The average molecular weight is 636 g/mol. The Morgan fingerprint density at radius 1 is 0.682 bits per heavy atom. The summed E-state index contributed by atoms with van der Waals surface area (Å²) in [5.74, 6) is 0. The summed E-state index contributed by atoms with van der Waals surface area (Å²) < 4.78 is 48.4. The highest BCUT2D eigenvalue weighted by atomic mass is 32.2. The van der Waals surface area contributed by atoms with E-state index >= 15 is 0 Å². The Labute approximate surface area is 257 Å². The number of sulfonamides is 2. The van der Waals surface area contributed by atoms with Crippen molar-refractivity contribution in [3.63, 3.8) is 0 Å². The standard InChI is InChI=1S/C31H33N5O6S2/c32-43(39,40)27-15-7-11-24(17-27)20-34-29(19-23-9-3-1-4-10-23)30(37)22-35(26-13-5-2-6-14-26)36(31(34)38)21-25-12-8-16-28(18-25)44(33,41)42/h1-18,29-30,37H,19-22H2,(H2,32,39,40)(H2,33,41,42)/t29-,30-/m1/s1. The number of β-amino-alcohol motifs (C(OH)–C–C–N with tert-alkyl or cyclic N) is 1. The van der Waals surface area contributed by atoms with E-state index in [4.69, 9.17) is 10.3 Å². The van der Waals surface area contributed by atoms with Crippen LogP contribution >= 0.6 is 0 Å². The zero-order chi connectivity index (χ0) is 31.5. The second-order valence-electron chi connectivity index (χ2n) is 10.6. The van der Waals surface area contributed by atoms with Crippen LogP contribution < -0.4 is 15.3 Å². The number of aliphatic hydroxyl groups excluding tert-OH is 1. The van der Waals surface area contributed by atoms with Crippen molar-refractivity contribution in [2.75, 3.05) is 11.6 Å². The largest absolute Gasteiger partial charge is 0.389 e. The number of nitrogens with zero attached hydrogens (tertiary/aromatic N) is 3. The summed E-state index contributed by atoms with van der Waals surface area (Å²) >= 11 is 0. The number of hydrazine groups is 1. The molecule has 1 saturated heterocycles. The molecule has 1 aliphatic heterocycles. The quantitative estimate of drug-likeness (QED) is 0.254. The van der Waals surface area contributed by atoms with Crippen LogP contribution in [0.3, 0.4) is 0 Å². The van der Waals surface area contributed by atoms with Crippen molar-refractivity contribution in [3.05, 3.63) is 126 Å². The molecule has 0 aromatic heterocycles. The summed E-state index contributed by atoms with van der Waals surface area (Å²) in [4.78, 5) is 16.0. The number of urea groups is 1. The number of hydrogen-bond acceptors (Lipinski definition) is 7. The van der Waals surface area contributed by atoms with Crippen LogP contribution in [0.4, 0.5) is 10.5 Å². The van der Waals surface area contributed by atoms with Gasteiger partial charge in [-0.05, 0) is 59.5 Å². The van der Waals surface area contributed by atoms with Gasteiger partial charge in [-0.3, -0.25) is 5.01 Å². The molecule has 2 amide bonds. The summed E-state index contributed by atoms with van der Waals surface area (Å²) in [5, 5.41) is 25.6. The molecule has 0 spiro atoms. The number of rotatable bonds is 9. The van der Waals surface area contributed by atoms with Gasteiger partial charge in [0.2, 0.25) is 20.0 Å². The minimum absolute atomic E-state index is 0.0346. The third-order valence-corrected chi connectivity index (χ3v) is 9.27. The van der Waals surface area contributed by atoms with E-state index in [2.05, 4.69) is 0 Å². The summed E-state index contributed by atoms with van der Waals surface area (Å²) in [6, 6.07) is 29.4. The maximum Gasteiger partial charge on any atom is 0.339 e.